The maximum absolute atomic E-state index is 9.49. The lowest BCUT2D eigenvalue weighted by molar-refractivity contribution is 0.181. The number of aliphatic hydroxyl groups is 2. The second-order valence-electron chi connectivity index (χ2n) is 4.40. The quantitative estimate of drug-likeness (QED) is 0.489. The summed E-state index contributed by atoms with van der Waals surface area (Å²) in [6.45, 7) is 6.01. The van der Waals surface area contributed by atoms with Crippen molar-refractivity contribution >= 4 is 0 Å². The summed E-state index contributed by atoms with van der Waals surface area (Å²) in [4.78, 5) is 0. The molecule has 0 aromatic heterocycles. The molecule has 0 heterocycles. The maximum atomic E-state index is 9.49. The first-order valence-electron chi connectivity index (χ1n) is 5.55. The van der Waals surface area contributed by atoms with Crippen LogP contribution >= 0.6 is 0 Å². The van der Waals surface area contributed by atoms with Crippen molar-refractivity contribution in [2.75, 3.05) is 0 Å². The summed E-state index contributed by atoms with van der Waals surface area (Å²) in [7, 11) is 0. The van der Waals surface area contributed by atoms with E-state index < -0.39 is 0 Å². The molecule has 2 N–H and O–H groups in total. The van der Waals surface area contributed by atoms with E-state index in [-0.39, 0.29) is 12.2 Å². The number of allylic oxidation sites excluding steroid dienone is 1. The Balaban J connectivity index is 3.42. The molecular weight excluding hydrogens is 176 g/mol. The molecule has 0 aromatic rings. The first-order chi connectivity index (χ1) is 6.52. The van der Waals surface area contributed by atoms with E-state index in [1.165, 1.54) is 0 Å². The smallest absolute Gasteiger partial charge is 0.0723 e. The predicted molar refractivity (Wildman–Crippen MR) is 60.1 cm³/mol. The summed E-state index contributed by atoms with van der Waals surface area (Å²) >= 11 is 0. The lowest BCUT2D eigenvalue weighted by Crippen LogP contribution is -2.06. The van der Waals surface area contributed by atoms with Gasteiger partial charge in [-0.1, -0.05) is 26.0 Å². The number of hydrogen-bond donors (Lipinski definition) is 2. The van der Waals surface area contributed by atoms with Crippen molar-refractivity contribution in [3.8, 4) is 0 Å². The van der Waals surface area contributed by atoms with Crippen molar-refractivity contribution in [1.29, 1.82) is 0 Å². The van der Waals surface area contributed by atoms with Crippen LogP contribution in [0.5, 0.6) is 0 Å². The molecule has 0 rings (SSSR count). The molecular formula is C12H24O2. The van der Waals surface area contributed by atoms with Crippen LogP contribution in [0.4, 0.5) is 0 Å². The molecule has 0 fully saturated rings. The number of unbranched alkanes of at least 4 members (excludes halogenated alkanes) is 1. The van der Waals surface area contributed by atoms with E-state index in [1.54, 1.807) is 6.92 Å². The zero-order valence-electron chi connectivity index (χ0n) is 9.61. The van der Waals surface area contributed by atoms with E-state index in [0.29, 0.717) is 5.92 Å². The summed E-state index contributed by atoms with van der Waals surface area (Å²) < 4.78 is 0. The average Bonchev–Trinajstić information content (AvgIpc) is 2.01. The molecule has 0 radical (unpaired) electrons. The van der Waals surface area contributed by atoms with Crippen LogP contribution in [0.15, 0.2) is 12.2 Å². The Labute approximate surface area is 87.7 Å². The monoisotopic (exact) mass is 200 g/mol. The summed E-state index contributed by atoms with van der Waals surface area (Å²) in [6, 6.07) is 0. The van der Waals surface area contributed by atoms with Gasteiger partial charge >= 0.3 is 0 Å². The van der Waals surface area contributed by atoms with Gasteiger partial charge in [-0.15, -0.1) is 0 Å². The van der Waals surface area contributed by atoms with E-state index in [2.05, 4.69) is 13.8 Å². The lowest BCUT2D eigenvalue weighted by Gasteiger charge is -2.07. The molecule has 2 heteroatoms. The molecule has 0 amide bonds. The van der Waals surface area contributed by atoms with E-state index >= 15 is 0 Å². The molecule has 2 unspecified atom stereocenters. The molecule has 84 valence electrons. The molecule has 2 atom stereocenters. The van der Waals surface area contributed by atoms with E-state index in [0.717, 1.165) is 25.7 Å². The Hall–Kier alpha value is -0.340. The van der Waals surface area contributed by atoms with Crippen LogP contribution in [0.2, 0.25) is 0 Å². The highest BCUT2D eigenvalue weighted by Gasteiger charge is 2.01. The highest BCUT2D eigenvalue weighted by Crippen LogP contribution is 2.07. The van der Waals surface area contributed by atoms with Crippen molar-refractivity contribution < 1.29 is 10.2 Å². The zero-order valence-corrected chi connectivity index (χ0v) is 9.61. The Morgan fingerprint density at radius 3 is 2.29 bits per heavy atom. The molecule has 2 nitrogen and oxygen atoms in total. The van der Waals surface area contributed by atoms with Crippen molar-refractivity contribution in [3.05, 3.63) is 12.2 Å². The van der Waals surface area contributed by atoms with E-state index in [9.17, 15) is 5.11 Å². The van der Waals surface area contributed by atoms with Gasteiger partial charge in [0.15, 0.2) is 0 Å². The fourth-order valence-corrected chi connectivity index (χ4v) is 1.35. The third-order valence-corrected chi connectivity index (χ3v) is 2.06. The second kappa shape index (κ2) is 8.01. The zero-order chi connectivity index (χ0) is 11.0. The minimum atomic E-state index is -0.304. The van der Waals surface area contributed by atoms with Gasteiger partial charge in [0.1, 0.15) is 0 Å². The molecule has 0 saturated carbocycles. The van der Waals surface area contributed by atoms with Crippen molar-refractivity contribution in [1.82, 2.24) is 0 Å². The van der Waals surface area contributed by atoms with Crippen LogP contribution in [-0.2, 0) is 0 Å². The van der Waals surface area contributed by atoms with Crippen LogP contribution < -0.4 is 0 Å². The summed E-state index contributed by atoms with van der Waals surface area (Å²) in [5, 5.41) is 18.5. The van der Waals surface area contributed by atoms with Crippen LogP contribution in [0.3, 0.4) is 0 Å². The average molecular weight is 200 g/mol. The van der Waals surface area contributed by atoms with Gasteiger partial charge in [-0.3, -0.25) is 0 Å². The fraction of sp³-hybridized carbons (Fsp3) is 0.833. The van der Waals surface area contributed by atoms with Gasteiger partial charge < -0.3 is 10.2 Å². The van der Waals surface area contributed by atoms with Gasteiger partial charge in [0.2, 0.25) is 0 Å². The van der Waals surface area contributed by atoms with Gasteiger partial charge in [-0.25, -0.2) is 0 Å². The minimum Gasteiger partial charge on any atom is -0.393 e. The largest absolute Gasteiger partial charge is 0.393 e. The highest BCUT2D eigenvalue weighted by molar-refractivity contribution is 4.88. The summed E-state index contributed by atoms with van der Waals surface area (Å²) in [5.41, 5.74) is 0. The van der Waals surface area contributed by atoms with Crippen LogP contribution in [0.1, 0.15) is 46.5 Å². The molecule has 0 aliphatic heterocycles. The standard InChI is InChI=1S/C12H24O2/c1-10(2)9-12(14)8-6-4-5-7-11(3)13/h6,8,10-14H,4-5,7,9H2,1-3H3. The Morgan fingerprint density at radius 2 is 1.79 bits per heavy atom. The van der Waals surface area contributed by atoms with E-state index in [4.69, 9.17) is 5.11 Å². The van der Waals surface area contributed by atoms with E-state index in [1.807, 2.05) is 12.2 Å². The third kappa shape index (κ3) is 9.75. The SMILES string of the molecule is CC(C)CC(O)C=CCCCC(C)O. The molecule has 0 spiro atoms. The number of hydrogen-bond acceptors (Lipinski definition) is 2. The summed E-state index contributed by atoms with van der Waals surface area (Å²) in [6.07, 6.45) is 6.96. The first-order valence-corrected chi connectivity index (χ1v) is 5.55. The topological polar surface area (TPSA) is 40.5 Å². The molecule has 0 aliphatic carbocycles. The van der Waals surface area contributed by atoms with Gasteiger partial charge in [-0.2, -0.15) is 0 Å². The normalized spacial score (nSPS) is 16.4. The maximum Gasteiger partial charge on any atom is 0.0723 e. The number of rotatable bonds is 7. The number of aliphatic hydroxyl groups excluding tert-OH is 2. The molecule has 0 bridgehead atoms. The van der Waals surface area contributed by atoms with Crippen LogP contribution in [-0.4, -0.2) is 22.4 Å². The Bertz CT molecular complexity index is 150. The van der Waals surface area contributed by atoms with Crippen molar-refractivity contribution in [2.45, 2.75) is 58.7 Å². The molecule has 0 aromatic carbocycles. The van der Waals surface area contributed by atoms with Gasteiger partial charge in [0, 0.05) is 0 Å². The Kier molecular flexibility index (Phi) is 7.81. The molecule has 0 aliphatic rings. The van der Waals surface area contributed by atoms with Gasteiger partial charge in [-0.05, 0) is 38.5 Å². The predicted octanol–water partition coefficient (Wildman–Crippen LogP) is 2.50. The van der Waals surface area contributed by atoms with Gasteiger partial charge in [0.05, 0.1) is 12.2 Å². The first kappa shape index (κ1) is 13.7. The van der Waals surface area contributed by atoms with Crippen LogP contribution in [0, 0.1) is 5.92 Å². The third-order valence-electron chi connectivity index (χ3n) is 2.06. The summed E-state index contributed by atoms with van der Waals surface area (Å²) in [5.74, 6) is 0.534. The van der Waals surface area contributed by atoms with Gasteiger partial charge in [0.25, 0.3) is 0 Å². The van der Waals surface area contributed by atoms with Crippen molar-refractivity contribution in [2.24, 2.45) is 5.92 Å². The minimum absolute atomic E-state index is 0.205. The fourth-order valence-electron chi connectivity index (χ4n) is 1.35. The lowest BCUT2D eigenvalue weighted by atomic mass is 10.1. The highest BCUT2D eigenvalue weighted by atomic mass is 16.3. The van der Waals surface area contributed by atoms with Crippen LogP contribution in [0.25, 0.3) is 0 Å². The second-order valence-corrected chi connectivity index (χ2v) is 4.40. The Morgan fingerprint density at radius 1 is 1.14 bits per heavy atom. The van der Waals surface area contributed by atoms with Crippen molar-refractivity contribution in [3.63, 3.8) is 0 Å². The molecule has 0 saturated heterocycles. The molecule has 14 heavy (non-hydrogen) atoms.